The molecule has 0 saturated carbocycles. The van der Waals surface area contributed by atoms with E-state index in [9.17, 15) is 13.2 Å². The predicted molar refractivity (Wildman–Crippen MR) is 96.6 cm³/mol. The lowest BCUT2D eigenvalue weighted by Crippen LogP contribution is -2.35. The van der Waals surface area contributed by atoms with Crippen molar-refractivity contribution in [2.75, 3.05) is 18.9 Å². The average Bonchev–Trinajstić information content (AvgIpc) is 2.62. The number of hydrogen-bond donors (Lipinski definition) is 1. The second kappa shape index (κ2) is 7.00. The molecule has 128 valence electrons. The van der Waals surface area contributed by atoms with E-state index in [1.54, 1.807) is 42.6 Å². The normalized spacial score (nSPS) is 11.6. The van der Waals surface area contributed by atoms with E-state index in [2.05, 4.69) is 10.3 Å². The molecule has 2 aromatic carbocycles. The van der Waals surface area contributed by atoms with E-state index in [-0.39, 0.29) is 11.4 Å². The third-order valence-electron chi connectivity index (χ3n) is 3.74. The molecular weight excluding hydrogens is 338 g/mol. The molecule has 3 aromatic rings. The lowest BCUT2D eigenvalue weighted by atomic mass is 10.2. The molecule has 1 amide bonds. The van der Waals surface area contributed by atoms with Gasteiger partial charge in [-0.15, -0.1) is 0 Å². The molecule has 0 aliphatic carbocycles. The number of aromatic nitrogens is 1. The molecule has 3 rings (SSSR count). The summed E-state index contributed by atoms with van der Waals surface area (Å²) in [6, 6.07) is 17.0. The van der Waals surface area contributed by atoms with Crippen LogP contribution in [-0.4, -0.2) is 37.2 Å². The highest BCUT2D eigenvalue weighted by Gasteiger charge is 2.22. The minimum absolute atomic E-state index is 0.152. The maximum Gasteiger partial charge on any atom is 0.243 e. The van der Waals surface area contributed by atoms with Crippen LogP contribution in [0.15, 0.2) is 71.8 Å². The topological polar surface area (TPSA) is 79.4 Å². The van der Waals surface area contributed by atoms with Crippen molar-refractivity contribution in [2.24, 2.45) is 0 Å². The van der Waals surface area contributed by atoms with Crippen LogP contribution in [0.3, 0.4) is 0 Å². The van der Waals surface area contributed by atoms with Gasteiger partial charge in [0.15, 0.2) is 0 Å². The number of nitrogens with zero attached hydrogens (tertiary/aromatic N) is 2. The van der Waals surface area contributed by atoms with Gasteiger partial charge in [-0.3, -0.25) is 9.78 Å². The first-order valence-electron chi connectivity index (χ1n) is 7.63. The Morgan fingerprint density at radius 2 is 1.80 bits per heavy atom. The fraction of sp³-hybridized carbons (Fsp3) is 0.111. The Balaban J connectivity index is 1.76. The van der Waals surface area contributed by atoms with Gasteiger partial charge in [0.1, 0.15) is 0 Å². The van der Waals surface area contributed by atoms with E-state index in [1.165, 1.54) is 19.2 Å². The number of pyridine rings is 1. The number of hydrogen-bond acceptors (Lipinski definition) is 4. The van der Waals surface area contributed by atoms with Crippen molar-refractivity contribution >= 4 is 32.5 Å². The summed E-state index contributed by atoms with van der Waals surface area (Å²) in [5.41, 5.74) is 1.35. The zero-order chi connectivity index (χ0) is 17.9. The highest BCUT2D eigenvalue weighted by Crippen LogP contribution is 2.21. The summed E-state index contributed by atoms with van der Waals surface area (Å²) in [6.07, 6.45) is 1.67. The summed E-state index contributed by atoms with van der Waals surface area (Å²) in [7, 11) is -2.33. The van der Waals surface area contributed by atoms with Gasteiger partial charge >= 0.3 is 0 Å². The van der Waals surface area contributed by atoms with Gasteiger partial charge < -0.3 is 5.32 Å². The number of sulfonamides is 1. The lowest BCUT2D eigenvalue weighted by Gasteiger charge is -2.17. The van der Waals surface area contributed by atoms with Crippen LogP contribution in [0.1, 0.15) is 0 Å². The van der Waals surface area contributed by atoms with Crippen LogP contribution >= 0.6 is 0 Å². The number of likely N-dealkylation sites (N-methyl/N-ethyl adjacent to an activating group) is 1. The Morgan fingerprint density at radius 1 is 1.04 bits per heavy atom. The van der Waals surface area contributed by atoms with Crippen molar-refractivity contribution in [3.8, 4) is 0 Å². The molecule has 0 aliphatic rings. The fourth-order valence-corrected chi connectivity index (χ4v) is 3.61. The maximum atomic E-state index is 12.5. The van der Waals surface area contributed by atoms with Crippen molar-refractivity contribution in [3.63, 3.8) is 0 Å². The van der Waals surface area contributed by atoms with Gasteiger partial charge in [0.25, 0.3) is 0 Å². The Bertz CT molecular complexity index is 999. The summed E-state index contributed by atoms with van der Waals surface area (Å²) < 4.78 is 26.0. The number of carbonyl (C=O) groups is 1. The SMILES string of the molecule is CN(CC(=O)Nc1cccc2ncccc12)S(=O)(=O)c1ccccc1. The quantitative estimate of drug-likeness (QED) is 0.763. The van der Waals surface area contributed by atoms with Crippen molar-refractivity contribution in [1.29, 1.82) is 0 Å². The molecule has 7 heteroatoms. The second-order valence-corrected chi connectivity index (χ2v) is 7.54. The van der Waals surface area contributed by atoms with E-state index < -0.39 is 15.9 Å². The number of benzene rings is 2. The Morgan fingerprint density at radius 3 is 2.56 bits per heavy atom. The lowest BCUT2D eigenvalue weighted by molar-refractivity contribution is -0.116. The van der Waals surface area contributed by atoms with Crippen LogP contribution < -0.4 is 5.32 Å². The van der Waals surface area contributed by atoms with Crippen LogP contribution in [0.4, 0.5) is 5.69 Å². The molecule has 0 fully saturated rings. The molecule has 1 aromatic heterocycles. The molecule has 1 N–H and O–H groups in total. The summed E-state index contributed by atoms with van der Waals surface area (Å²) in [5, 5.41) is 3.55. The van der Waals surface area contributed by atoms with Crippen molar-refractivity contribution in [3.05, 3.63) is 66.9 Å². The fourth-order valence-electron chi connectivity index (χ4n) is 2.46. The Hall–Kier alpha value is -2.77. The van der Waals surface area contributed by atoms with Crippen LogP contribution in [0.25, 0.3) is 10.9 Å². The molecule has 0 radical (unpaired) electrons. The molecule has 0 aliphatic heterocycles. The third-order valence-corrected chi connectivity index (χ3v) is 5.56. The third kappa shape index (κ3) is 3.67. The van der Waals surface area contributed by atoms with E-state index >= 15 is 0 Å². The highest BCUT2D eigenvalue weighted by molar-refractivity contribution is 7.89. The molecule has 0 atom stereocenters. The molecule has 6 nitrogen and oxygen atoms in total. The zero-order valence-electron chi connectivity index (χ0n) is 13.6. The van der Waals surface area contributed by atoms with Gasteiger partial charge in [0, 0.05) is 18.6 Å². The number of nitrogens with one attached hydrogen (secondary N) is 1. The predicted octanol–water partition coefficient (Wildman–Crippen LogP) is 2.49. The molecule has 25 heavy (non-hydrogen) atoms. The first-order chi connectivity index (χ1) is 12.0. The number of rotatable bonds is 5. The zero-order valence-corrected chi connectivity index (χ0v) is 14.4. The Kier molecular flexibility index (Phi) is 4.78. The summed E-state index contributed by atoms with van der Waals surface area (Å²) in [4.78, 5) is 16.7. The van der Waals surface area contributed by atoms with Crippen LogP contribution in [0, 0.1) is 0 Å². The number of anilines is 1. The minimum atomic E-state index is -3.71. The molecule has 1 heterocycles. The van der Waals surface area contributed by atoms with E-state index in [0.29, 0.717) is 5.69 Å². The molecule has 0 saturated heterocycles. The molecule has 0 spiro atoms. The monoisotopic (exact) mass is 355 g/mol. The van der Waals surface area contributed by atoms with E-state index in [1.807, 2.05) is 12.1 Å². The van der Waals surface area contributed by atoms with Gasteiger partial charge in [0.05, 0.1) is 22.6 Å². The van der Waals surface area contributed by atoms with Gasteiger partial charge in [-0.25, -0.2) is 8.42 Å². The summed E-state index contributed by atoms with van der Waals surface area (Å²) >= 11 is 0. The van der Waals surface area contributed by atoms with Gasteiger partial charge in [-0.2, -0.15) is 4.31 Å². The van der Waals surface area contributed by atoms with Gasteiger partial charge in [-0.1, -0.05) is 24.3 Å². The number of amides is 1. The minimum Gasteiger partial charge on any atom is -0.324 e. The number of fused-ring (bicyclic) bond motifs is 1. The summed E-state index contributed by atoms with van der Waals surface area (Å²) in [6.45, 7) is -0.284. The first-order valence-corrected chi connectivity index (χ1v) is 9.07. The van der Waals surface area contributed by atoms with Crippen molar-refractivity contribution in [2.45, 2.75) is 4.90 Å². The highest BCUT2D eigenvalue weighted by atomic mass is 32.2. The molecular formula is C18H17N3O3S. The number of carbonyl (C=O) groups excluding carboxylic acids is 1. The standard InChI is InChI=1S/C18H17N3O3S/c1-21(25(23,24)14-7-3-2-4-8-14)13-18(22)20-17-11-5-10-16-15(17)9-6-12-19-16/h2-12H,13H2,1H3,(H,20,22). The van der Waals surface area contributed by atoms with E-state index in [0.717, 1.165) is 15.2 Å². The second-order valence-electron chi connectivity index (χ2n) is 5.50. The van der Waals surface area contributed by atoms with Crippen molar-refractivity contribution in [1.82, 2.24) is 9.29 Å². The largest absolute Gasteiger partial charge is 0.324 e. The molecule has 0 unspecified atom stereocenters. The van der Waals surface area contributed by atoms with Gasteiger partial charge in [0.2, 0.25) is 15.9 Å². The van der Waals surface area contributed by atoms with Gasteiger partial charge in [-0.05, 0) is 36.4 Å². The van der Waals surface area contributed by atoms with E-state index in [4.69, 9.17) is 0 Å². The smallest absolute Gasteiger partial charge is 0.243 e. The summed E-state index contributed by atoms with van der Waals surface area (Å²) in [5.74, 6) is -0.418. The Labute approximate surface area is 146 Å². The van der Waals surface area contributed by atoms with Crippen LogP contribution in [-0.2, 0) is 14.8 Å². The molecule has 0 bridgehead atoms. The first kappa shape index (κ1) is 17.1. The van der Waals surface area contributed by atoms with Crippen LogP contribution in [0.2, 0.25) is 0 Å². The maximum absolute atomic E-state index is 12.5. The van der Waals surface area contributed by atoms with Crippen molar-refractivity contribution < 1.29 is 13.2 Å². The average molecular weight is 355 g/mol. The van der Waals surface area contributed by atoms with Crippen LogP contribution in [0.5, 0.6) is 0 Å².